The number of fused-ring (bicyclic) bond motifs is 1. The van der Waals surface area contributed by atoms with Crippen molar-refractivity contribution in [2.24, 2.45) is 0 Å². The maximum absolute atomic E-state index is 6.29. The molecule has 4 aromatic rings. The molecular formula is C21H17ClN2S. The highest BCUT2D eigenvalue weighted by Gasteiger charge is 2.16. The summed E-state index contributed by atoms with van der Waals surface area (Å²) >= 11 is 8.09. The van der Waals surface area contributed by atoms with Gasteiger partial charge in [0.1, 0.15) is 0 Å². The van der Waals surface area contributed by atoms with Gasteiger partial charge in [0.2, 0.25) is 0 Å². The summed E-state index contributed by atoms with van der Waals surface area (Å²) in [6.07, 6.45) is 3.67. The highest BCUT2D eigenvalue weighted by molar-refractivity contribution is 7.99. The molecule has 0 aliphatic heterocycles. The van der Waals surface area contributed by atoms with E-state index < -0.39 is 0 Å². The van der Waals surface area contributed by atoms with Crippen molar-refractivity contribution in [3.63, 3.8) is 0 Å². The molecule has 4 rings (SSSR count). The summed E-state index contributed by atoms with van der Waals surface area (Å²) in [4.78, 5) is 6.64. The molecule has 0 N–H and O–H groups in total. The second kappa shape index (κ2) is 6.95. The van der Waals surface area contributed by atoms with Gasteiger partial charge >= 0.3 is 0 Å². The van der Waals surface area contributed by atoms with Crippen molar-refractivity contribution in [1.82, 2.24) is 9.55 Å². The summed E-state index contributed by atoms with van der Waals surface area (Å²) in [5.74, 6) is 0. The molecule has 0 atom stereocenters. The Kier molecular flexibility index (Phi) is 4.51. The molecule has 4 heteroatoms. The van der Waals surface area contributed by atoms with Gasteiger partial charge in [-0.05, 0) is 48.9 Å². The van der Waals surface area contributed by atoms with E-state index in [9.17, 15) is 0 Å². The van der Waals surface area contributed by atoms with E-state index >= 15 is 0 Å². The molecule has 2 heterocycles. The lowest BCUT2D eigenvalue weighted by atomic mass is 10.2. The Balaban J connectivity index is 1.84. The predicted molar refractivity (Wildman–Crippen MR) is 106 cm³/mol. The smallest absolute Gasteiger partial charge is 0.0512 e. The van der Waals surface area contributed by atoms with Crippen LogP contribution in [-0.2, 0) is 6.54 Å². The minimum Gasteiger partial charge on any atom is -0.339 e. The molecule has 0 aliphatic rings. The van der Waals surface area contributed by atoms with E-state index in [2.05, 4.69) is 65.0 Å². The number of aromatic nitrogens is 2. The highest BCUT2D eigenvalue weighted by Crippen LogP contribution is 2.39. The molecule has 0 aliphatic carbocycles. The van der Waals surface area contributed by atoms with Crippen LogP contribution >= 0.6 is 23.4 Å². The first-order chi connectivity index (χ1) is 12.2. The van der Waals surface area contributed by atoms with E-state index in [0.717, 1.165) is 11.6 Å². The summed E-state index contributed by atoms with van der Waals surface area (Å²) < 4.78 is 2.34. The monoisotopic (exact) mass is 364 g/mol. The molecule has 0 unspecified atom stereocenters. The van der Waals surface area contributed by atoms with E-state index in [1.165, 1.54) is 32.0 Å². The van der Waals surface area contributed by atoms with Gasteiger partial charge in [-0.2, -0.15) is 0 Å². The van der Waals surface area contributed by atoms with Crippen LogP contribution in [0.1, 0.15) is 11.3 Å². The summed E-state index contributed by atoms with van der Waals surface area (Å²) in [5.41, 5.74) is 3.65. The third-order valence-corrected chi connectivity index (χ3v) is 5.74. The third kappa shape index (κ3) is 3.30. The molecule has 0 spiro atoms. The van der Waals surface area contributed by atoms with Crippen LogP contribution in [0.15, 0.2) is 82.8 Å². The lowest BCUT2D eigenvalue weighted by Crippen LogP contribution is -2.01. The first kappa shape index (κ1) is 16.2. The fourth-order valence-electron chi connectivity index (χ4n) is 3.03. The molecular weight excluding hydrogens is 348 g/mol. The van der Waals surface area contributed by atoms with Crippen molar-refractivity contribution in [2.75, 3.05) is 0 Å². The molecule has 0 radical (unpaired) electrons. The number of hydrogen-bond acceptors (Lipinski definition) is 2. The number of halogens is 1. The van der Waals surface area contributed by atoms with E-state index in [1.807, 2.05) is 24.5 Å². The minimum atomic E-state index is 0.761. The molecule has 0 saturated heterocycles. The SMILES string of the molecule is Cc1c(Sc2ccccc2)c2ccc(Cl)cc2n1Cc1ccncc1. The Morgan fingerprint density at radius 3 is 2.52 bits per heavy atom. The number of benzene rings is 2. The molecule has 25 heavy (non-hydrogen) atoms. The fourth-order valence-corrected chi connectivity index (χ4v) is 4.26. The van der Waals surface area contributed by atoms with Crippen LogP contribution < -0.4 is 0 Å². The summed E-state index contributed by atoms with van der Waals surface area (Å²) in [5, 5.41) is 2.00. The van der Waals surface area contributed by atoms with Crippen molar-refractivity contribution in [1.29, 1.82) is 0 Å². The molecule has 124 valence electrons. The van der Waals surface area contributed by atoms with Crippen molar-refractivity contribution >= 4 is 34.3 Å². The normalized spacial score (nSPS) is 11.1. The lowest BCUT2D eigenvalue weighted by molar-refractivity contribution is 0.793. The zero-order valence-corrected chi connectivity index (χ0v) is 15.4. The van der Waals surface area contributed by atoms with Crippen molar-refractivity contribution < 1.29 is 0 Å². The Morgan fingerprint density at radius 2 is 1.76 bits per heavy atom. The molecule has 2 aromatic heterocycles. The first-order valence-corrected chi connectivity index (χ1v) is 9.32. The topological polar surface area (TPSA) is 17.8 Å². The quantitative estimate of drug-likeness (QED) is 0.429. The fraction of sp³-hybridized carbons (Fsp3) is 0.0952. The Labute approximate surface area is 156 Å². The standard InChI is InChI=1S/C21H17ClN2S/c1-15-21(25-18-5-3-2-4-6-18)19-8-7-17(22)13-20(19)24(15)14-16-9-11-23-12-10-16/h2-13H,14H2,1H3. The van der Waals surface area contributed by atoms with Gasteiger partial charge in [0, 0.05) is 44.8 Å². The van der Waals surface area contributed by atoms with E-state index in [-0.39, 0.29) is 0 Å². The lowest BCUT2D eigenvalue weighted by Gasteiger charge is -2.09. The van der Waals surface area contributed by atoms with Crippen LogP contribution in [0, 0.1) is 6.92 Å². The van der Waals surface area contributed by atoms with E-state index in [0.29, 0.717) is 0 Å². The highest BCUT2D eigenvalue weighted by atomic mass is 35.5. The summed E-state index contributed by atoms with van der Waals surface area (Å²) in [6, 6.07) is 20.7. The largest absolute Gasteiger partial charge is 0.339 e. The van der Waals surface area contributed by atoms with Gasteiger partial charge < -0.3 is 4.57 Å². The van der Waals surface area contributed by atoms with Gasteiger partial charge in [0.05, 0.1) is 5.52 Å². The molecule has 2 nitrogen and oxygen atoms in total. The van der Waals surface area contributed by atoms with Gasteiger partial charge in [0.15, 0.2) is 0 Å². The second-order valence-corrected chi connectivity index (χ2v) is 7.45. The second-order valence-electron chi connectivity index (χ2n) is 5.93. The van der Waals surface area contributed by atoms with Gasteiger partial charge in [0.25, 0.3) is 0 Å². The minimum absolute atomic E-state index is 0.761. The summed E-state index contributed by atoms with van der Waals surface area (Å²) in [7, 11) is 0. The Bertz CT molecular complexity index is 1010. The third-order valence-electron chi connectivity index (χ3n) is 4.28. The maximum Gasteiger partial charge on any atom is 0.0512 e. The Hall–Kier alpha value is -2.23. The van der Waals surface area contributed by atoms with E-state index in [1.54, 1.807) is 11.8 Å². The average Bonchev–Trinajstić information content (AvgIpc) is 2.89. The molecule has 0 saturated carbocycles. The van der Waals surface area contributed by atoms with Gasteiger partial charge in [-0.3, -0.25) is 4.98 Å². The van der Waals surface area contributed by atoms with Crippen LogP contribution in [0.25, 0.3) is 10.9 Å². The predicted octanol–water partition coefficient (Wildman–Crippen LogP) is 6.20. The van der Waals surface area contributed by atoms with Crippen molar-refractivity contribution in [2.45, 2.75) is 23.3 Å². The van der Waals surface area contributed by atoms with E-state index in [4.69, 9.17) is 11.6 Å². The summed E-state index contributed by atoms with van der Waals surface area (Å²) in [6.45, 7) is 2.99. The number of nitrogens with zero attached hydrogens (tertiary/aromatic N) is 2. The van der Waals surface area contributed by atoms with Gasteiger partial charge in [-0.25, -0.2) is 0 Å². The van der Waals surface area contributed by atoms with Crippen LogP contribution in [-0.4, -0.2) is 9.55 Å². The molecule has 2 aromatic carbocycles. The zero-order valence-electron chi connectivity index (χ0n) is 13.8. The maximum atomic E-state index is 6.29. The van der Waals surface area contributed by atoms with Crippen molar-refractivity contribution in [3.8, 4) is 0 Å². The van der Waals surface area contributed by atoms with Gasteiger partial charge in [-0.1, -0.05) is 47.6 Å². The van der Waals surface area contributed by atoms with Crippen LogP contribution in [0.3, 0.4) is 0 Å². The zero-order chi connectivity index (χ0) is 17.2. The number of pyridine rings is 1. The van der Waals surface area contributed by atoms with Crippen LogP contribution in [0.5, 0.6) is 0 Å². The number of hydrogen-bond donors (Lipinski definition) is 0. The molecule has 0 fully saturated rings. The molecule has 0 bridgehead atoms. The molecule has 0 amide bonds. The average molecular weight is 365 g/mol. The van der Waals surface area contributed by atoms with Crippen LogP contribution in [0.4, 0.5) is 0 Å². The first-order valence-electron chi connectivity index (χ1n) is 8.12. The van der Waals surface area contributed by atoms with Crippen molar-refractivity contribution in [3.05, 3.63) is 89.3 Å². The Morgan fingerprint density at radius 1 is 1.00 bits per heavy atom. The van der Waals surface area contributed by atoms with Gasteiger partial charge in [-0.15, -0.1) is 0 Å². The van der Waals surface area contributed by atoms with Crippen LogP contribution in [0.2, 0.25) is 5.02 Å². The number of rotatable bonds is 4.